The lowest BCUT2D eigenvalue weighted by atomic mass is 9.97. The summed E-state index contributed by atoms with van der Waals surface area (Å²) in [6.07, 6.45) is 2.12. The van der Waals surface area contributed by atoms with Gasteiger partial charge in [-0.3, -0.25) is 4.79 Å². The summed E-state index contributed by atoms with van der Waals surface area (Å²) in [4.78, 5) is 14.7. The summed E-state index contributed by atoms with van der Waals surface area (Å²) in [5, 5.41) is 0. The molecule has 2 rings (SSSR count). The molecule has 1 aromatic carbocycles. The van der Waals surface area contributed by atoms with Crippen LogP contribution in [0.25, 0.3) is 0 Å². The van der Waals surface area contributed by atoms with Gasteiger partial charge in [0.2, 0.25) is 0 Å². The van der Waals surface area contributed by atoms with Gasteiger partial charge in [0.1, 0.15) is 0 Å². The molecule has 0 saturated carbocycles. The zero-order valence-electron chi connectivity index (χ0n) is 13.0. The van der Waals surface area contributed by atoms with E-state index in [1.54, 1.807) is 7.11 Å². The minimum Gasteiger partial charge on any atom is -0.383 e. The second kappa shape index (κ2) is 6.40. The molecule has 0 spiro atoms. The van der Waals surface area contributed by atoms with Gasteiger partial charge in [-0.2, -0.15) is 0 Å². The molecule has 1 amide bonds. The first-order valence-corrected chi connectivity index (χ1v) is 7.44. The lowest BCUT2D eigenvalue weighted by molar-refractivity contribution is 0.0630. The monoisotopic (exact) mass is 275 g/mol. The summed E-state index contributed by atoms with van der Waals surface area (Å²) in [5.74, 6) is 0.588. The van der Waals surface area contributed by atoms with Gasteiger partial charge in [0.15, 0.2) is 0 Å². The molecule has 1 saturated heterocycles. The van der Waals surface area contributed by atoms with Crippen LogP contribution < -0.4 is 0 Å². The number of rotatable bonds is 4. The smallest absolute Gasteiger partial charge is 0.254 e. The molecule has 1 atom stereocenters. The number of carbonyl (C=O) groups excluding carboxylic acids is 1. The standard InChI is InChI=1S/C17H25NO2/c1-12(2)14-8-13(3)9-15(10-14)17(19)18-7-5-6-16(18)11-20-4/h8-10,12,16H,5-7,11H2,1-4H3/t16-/m1/s1. The molecule has 1 aliphatic rings. The maximum Gasteiger partial charge on any atom is 0.254 e. The average molecular weight is 275 g/mol. The van der Waals surface area contributed by atoms with Crippen LogP contribution in [-0.2, 0) is 4.74 Å². The lowest BCUT2D eigenvalue weighted by Crippen LogP contribution is -2.38. The second-order valence-electron chi connectivity index (χ2n) is 6.04. The van der Waals surface area contributed by atoms with Gasteiger partial charge in [-0.25, -0.2) is 0 Å². The highest BCUT2D eigenvalue weighted by atomic mass is 16.5. The third-order valence-corrected chi connectivity index (χ3v) is 4.01. The average Bonchev–Trinajstić information content (AvgIpc) is 2.85. The van der Waals surface area contributed by atoms with E-state index in [0.717, 1.165) is 30.5 Å². The molecule has 3 heteroatoms. The first kappa shape index (κ1) is 15.0. The number of benzene rings is 1. The summed E-state index contributed by atoms with van der Waals surface area (Å²) < 4.78 is 5.23. The molecule has 1 heterocycles. The summed E-state index contributed by atoms with van der Waals surface area (Å²) in [6, 6.07) is 6.44. The van der Waals surface area contributed by atoms with Crippen LogP contribution in [0.2, 0.25) is 0 Å². The van der Waals surface area contributed by atoms with Crippen LogP contribution in [0.15, 0.2) is 18.2 Å². The van der Waals surface area contributed by atoms with Crippen molar-refractivity contribution >= 4 is 5.91 Å². The normalized spacial score (nSPS) is 18.9. The molecule has 0 unspecified atom stereocenters. The number of methoxy groups -OCH3 is 1. The minimum atomic E-state index is 0.148. The van der Waals surface area contributed by atoms with Crippen LogP contribution in [0.3, 0.4) is 0 Å². The van der Waals surface area contributed by atoms with Crippen molar-refractivity contribution in [1.29, 1.82) is 0 Å². The lowest BCUT2D eigenvalue weighted by Gasteiger charge is -2.24. The van der Waals surface area contributed by atoms with Crippen molar-refractivity contribution < 1.29 is 9.53 Å². The maximum absolute atomic E-state index is 12.7. The molecule has 0 bridgehead atoms. The molecule has 3 nitrogen and oxygen atoms in total. The number of likely N-dealkylation sites (tertiary alicyclic amines) is 1. The van der Waals surface area contributed by atoms with E-state index in [1.165, 1.54) is 5.56 Å². The van der Waals surface area contributed by atoms with Crippen LogP contribution in [-0.4, -0.2) is 37.1 Å². The van der Waals surface area contributed by atoms with E-state index < -0.39 is 0 Å². The first-order valence-electron chi connectivity index (χ1n) is 7.44. The van der Waals surface area contributed by atoms with Crippen LogP contribution in [0.4, 0.5) is 0 Å². The minimum absolute atomic E-state index is 0.148. The summed E-state index contributed by atoms with van der Waals surface area (Å²) >= 11 is 0. The molecule has 0 radical (unpaired) electrons. The van der Waals surface area contributed by atoms with Crippen molar-refractivity contribution in [2.45, 2.75) is 45.6 Å². The van der Waals surface area contributed by atoms with Crippen molar-refractivity contribution in [2.75, 3.05) is 20.3 Å². The number of nitrogens with zero attached hydrogens (tertiary/aromatic N) is 1. The van der Waals surface area contributed by atoms with Crippen LogP contribution >= 0.6 is 0 Å². The molecule has 1 aliphatic heterocycles. The molecule has 110 valence electrons. The topological polar surface area (TPSA) is 29.5 Å². The summed E-state index contributed by atoms with van der Waals surface area (Å²) in [5.41, 5.74) is 3.20. The van der Waals surface area contributed by atoms with Crippen LogP contribution in [0.1, 0.15) is 54.1 Å². The number of hydrogen-bond acceptors (Lipinski definition) is 2. The molecule has 1 aromatic rings. The van der Waals surface area contributed by atoms with Crippen LogP contribution in [0.5, 0.6) is 0 Å². The van der Waals surface area contributed by atoms with Gasteiger partial charge < -0.3 is 9.64 Å². The van der Waals surface area contributed by atoms with E-state index >= 15 is 0 Å². The Kier molecular flexibility index (Phi) is 4.81. The fourth-order valence-electron chi connectivity index (χ4n) is 2.90. The summed E-state index contributed by atoms with van der Waals surface area (Å²) in [7, 11) is 1.70. The highest BCUT2D eigenvalue weighted by Gasteiger charge is 2.29. The van der Waals surface area contributed by atoms with Crippen molar-refractivity contribution in [1.82, 2.24) is 4.90 Å². The largest absolute Gasteiger partial charge is 0.383 e. The third-order valence-electron chi connectivity index (χ3n) is 4.01. The Bertz CT molecular complexity index is 482. The molecular weight excluding hydrogens is 250 g/mol. The molecular formula is C17H25NO2. The Morgan fingerprint density at radius 1 is 1.40 bits per heavy atom. The Morgan fingerprint density at radius 2 is 2.15 bits per heavy atom. The zero-order valence-corrected chi connectivity index (χ0v) is 13.0. The SMILES string of the molecule is COC[C@H]1CCCN1C(=O)c1cc(C)cc(C(C)C)c1. The molecule has 0 N–H and O–H groups in total. The second-order valence-corrected chi connectivity index (χ2v) is 6.04. The highest BCUT2D eigenvalue weighted by molar-refractivity contribution is 5.95. The first-order chi connectivity index (χ1) is 9.52. The van der Waals surface area contributed by atoms with Gasteiger partial charge in [-0.05, 0) is 43.4 Å². The Balaban J connectivity index is 2.24. The van der Waals surface area contributed by atoms with Gasteiger partial charge in [0.25, 0.3) is 5.91 Å². The summed E-state index contributed by atoms with van der Waals surface area (Å²) in [6.45, 7) is 7.85. The molecule has 1 fully saturated rings. The van der Waals surface area contributed by atoms with Crippen molar-refractivity contribution in [3.05, 3.63) is 34.9 Å². The Hall–Kier alpha value is -1.35. The number of ether oxygens (including phenoxy) is 1. The van der Waals surface area contributed by atoms with Gasteiger partial charge in [0, 0.05) is 19.2 Å². The predicted molar refractivity (Wildman–Crippen MR) is 81.2 cm³/mol. The fourth-order valence-corrected chi connectivity index (χ4v) is 2.90. The van der Waals surface area contributed by atoms with Gasteiger partial charge >= 0.3 is 0 Å². The predicted octanol–water partition coefficient (Wildman–Crippen LogP) is 3.37. The highest BCUT2D eigenvalue weighted by Crippen LogP contribution is 2.23. The van der Waals surface area contributed by atoms with Crippen LogP contribution in [0, 0.1) is 6.92 Å². The quantitative estimate of drug-likeness (QED) is 0.843. The van der Waals surface area contributed by atoms with Crippen molar-refractivity contribution in [3.8, 4) is 0 Å². The fraction of sp³-hybridized carbons (Fsp3) is 0.588. The Labute approximate surface area is 121 Å². The van der Waals surface area contributed by atoms with Gasteiger partial charge in [-0.1, -0.05) is 25.5 Å². The van der Waals surface area contributed by atoms with Gasteiger partial charge in [-0.15, -0.1) is 0 Å². The molecule has 0 aliphatic carbocycles. The van der Waals surface area contributed by atoms with E-state index in [-0.39, 0.29) is 11.9 Å². The van der Waals surface area contributed by atoms with Crippen molar-refractivity contribution in [2.24, 2.45) is 0 Å². The van der Waals surface area contributed by atoms with Gasteiger partial charge in [0.05, 0.1) is 12.6 Å². The molecule has 0 aromatic heterocycles. The number of aryl methyl sites for hydroxylation is 1. The number of hydrogen-bond donors (Lipinski definition) is 0. The van der Waals surface area contributed by atoms with E-state index in [4.69, 9.17) is 4.74 Å². The maximum atomic E-state index is 12.7. The van der Waals surface area contributed by atoms with E-state index in [2.05, 4.69) is 26.8 Å². The Morgan fingerprint density at radius 3 is 2.80 bits per heavy atom. The number of amides is 1. The third kappa shape index (κ3) is 3.21. The van der Waals surface area contributed by atoms with Crippen molar-refractivity contribution in [3.63, 3.8) is 0 Å². The van der Waals surface area contributed by atoms with E-state index in [0.29, 0.717) is 12.5 Å². The zero-order chi connectivity index (χ0) is 14.7. The van der Waals surface area contributed by atoms with E-state index in [9.17, 15) is 4.79 Å². The molecule has 20 heavy (non-hydrogen) atoms. The number of carbonyl (C=O) groups is 1. The van der Waals surface area contributed by atoms with E-state index in [1.807, 2.05) is 17.0 Å².